The maximum atomic E-state index is 11.7. The van der Waals surface area contributed by atoms with Crippen molar-refractivity contribution in [2.45, 2.75) is 25.8 Å². The lowest BCUT2D eigenvalue weighted by molar-refractivity contribution is 0.100. The van der Waals surface area contributed by atoms with Crippen LogP contribution < -0.4 is 4.74 Å². The number of Topliss-reactive ketones (excluding diaryl/α,β-unsaturated/α-hetero) is 1. The van der Waals surface area contributed by atoms with E-state index in [9.17, 15) is 4.79 Å². The number of aromatic nitrogens is 1. The molecular formula is C14H15NO2. The Labute approximate surface area is 100.0 Å². The maximum absolute atomic E-state index is 11.7. The third kappa shape index (κ3) is 1.62. The summed E-state index contributed by atoms with van der Waals surface area (Å²) in [6.07, 6.45) is 2.35. The van der Waals surface area contributed by atoms with Crippen molar-refractivity contribution in [1.82, 2.24) is 4.57 Å². The third-order valence-electron chi connectivity index (χ3n) is 3.32. The Morgan fingerprint density at radius 2 is 2.12 bits per heavy atom. The number of benzene rings is 1. The van der Waals surface area contributed by atoms with Crippen molar-refractivity contribution in [2.75, 3.05) is 7.11 Å². The summed E-state index contributed by atoms with van der Waals surface area (Å²) in [4.78, 5) is 11.7. The highest BCUT2D eigenvalue weighted by molar-refractivity contribution is 5.99. The Hall–Kier alpha value is -1.77. The lowest BCUT2D eigenvalue weighted by Crippen LogP contribution is -2.04. The Morgan fingerprint density at radius 3 is 2.71 bits per heavy atom. The predicted octanol–water partition coefficient (Wildman–Crippen LogP) is 3.19. The quantitative estimate of drug-likeness (QED) is 0.757. The zero-order chi connectivity index (χ0) is 12.0. The van der Waals surface area contributed by atoms with Gasteiger partial charge in [-0.2, -0.15) is 0 Å². The summed E-state index contributed by atoms with van der Waals surface area (Å²) in [6.45, 7) is 1.63. The van der Waals surface area contributed by atoms with Gasteiger partial charge < -0.3 is 9.30 Å². The van der Waals surface area contributed by atoms with Crippen molar-refractivity contribution in [3.05, 3.63) is 30.0 Å². The molecule has 1 aliphatic rings. The second-order valence-electron chi connectivity index (χ2n) is 4.61. The smallest absolute Gasteiger partial charge is 0.176 e. The molecule has 0 amide bonds. The van der Waals surface area contributed by atoms with E-state index in [1.807, 2.05) is 24.3 Å². The standard InChI is InChI=1S/C14H15NO2/c1-9(16)14-8-10-7-12(17-2)5-6-13(10)15(14)11-3-4-11/h5-8,11H,3-4H2,1-2H3. The molecule has 0 unspecified atom stereocenters. The third-order valence-corrected chi connectivity index (χ3v) is 3.32. The molecule has 0 bridgehead atoms. The van der Waals surface area contributed by atoms with Gasteiger partial charge in [0.05, 0.1) is 12.8 Å². The number of methoxy groups -OCH3 is 1. The second-order valence-corrected chi connectivity index (χ2v) is 4.61. The van der Waals surface area contributed by atoms with Crippen molar-refractivity contribution < 1.29 is 9.53 Å². The average Bonchev–Trinajstić information content (AvgIpc) is 3.08. The molecule has 1 aromatic carbocycles. The van der Waals surface area contributed by atoms with Crippen LogP contribution >= 0.6 is 0 Å². The summed E-state index contributed by atoms with van der Waals surface area (Å²) in [5.41, 5.74) is 1.95. The van der Waals surface area contributed by atoms with Crippen molar-refractivity contribution in [2.24, 2.45) is 0 Å². The molecule has 1 aliphatic carbocycles. The van der Waals surface area contributed by atoms with Gasteiger partial charge in [-0.25, -0.2) is 0 Å². The summed E-state index contributed by atoms with van der Waals surface area (Å²) < 4.78 is 7.39. The Morgan fingerprint density at radius 1 is 1.35 bits per heavy atom. The summed E-state index contributed by atoms with van der Waals surface area (Å²) in [5.74, 6) is 0.965. The molecule has 0 radical (unpaired) electrons. The van der Waals surface area contributed by atoms with E-state index in [0.29, 0.717) is 6.04 Å². The molecule has 0 saturated heterocycles. The molecule has 1 fully saturated rings. The molecule has 3 nitrogen and oxygen atoms in total. The summed E-state index contributed by atoms with van der Waals surface area (Å²) >= 11 is 0. The molecule has 1 heterocycles. The first-order valence-corrected chi connectivity index (χ1v) is 5.90. The Kier molecular flexibility index (Phi) is 2.21. The normalized spacial score (nSPS) is 15.2. The first kappa shape index (κ1) is 10.4. The minimum absolute atomic E-state index is 0.132. The van der Waals surface area contributed by atoms with Crippen LogP contribution in [0.5, 0.6) is 5.75 Å². The number of hydrogen-bond donors (Lipinski definition) is 0. The minimum atomic E-state index is 0.132. The maximum Gasteiger partial charge on any atom is 0.176 e. The lowest BCUT2D eigenvalue weighted by Gasteiger charge is -2.07. The van der Waals surface area contributed by atoms with Gasteiger partial charge in [0.1, 0.15) is 5.75 Å². The summed E-state index contributed by atoms with van der Waals surface area (Å²) in [7, 11) is 1.66. The highest BCUT2D eigenvalue weighted by atomic mass is 16.5. The van der Waals surface area contributed by atoms with E-state index in [-0.39, 0.29) is 5.78 Å². The van der Waals surface area contributed by atoms with Crippen molar-refractivity contribution >= 4 is 16.7 Å². The highest BCUT2D eigenvalue weighted by Gasteiger charge is 2.28. The molecular weight excluding hydrogens is 214 g/mol. The largest absolute Gasteiger partial charge is 0.497 e. The van der Waals surface area contributed by atoms with Crippen LogP contribution in [0.25, 0.3) is 10.9 Å². The number of ether oxygens (including phenoxy) is 1. The number of carbonyl (C=O) groups excluding carboxylic acids is 1. The Balaban J connectivity index is 2.26. The van der Waals surface area contributed by atoms with Crippen molar-refractivity contribution in [1.29, 1.82) is 0 Å². The van der Waals surface area contributed by atoms with E-state index in [1.54, 1.807) is 14.0 Å². The summed E-state index contributed by atoms with van der Waals surface area (Å²) in [5, 5.41) is 1.08. The number of nitrogens with zero attached hydrogens (tertiary/aromatic N) is 1. The molecule has 0 atom stereocenters. The number of fused-ring (bicyclic) bond motifs is 1. The van der Waals surface area contributed by atoms with Crippen LogP contribution in [0.3, 0.4) is 0 Å². The van der Waals surface area contributed by atoms with E-state index in [1.165, 1.54) is 12.8 Å². The molecule has 88 valence electrons. The molecule has 17 heavy (non-hydrogen) atoms. The number of ketones is 1. The molecule has 2 aromatic rings. The van der Waals surface area contributed by atoms with Gasteiger partial charge in [-0.05, 0) is 37.1 Å². The fourth-order valence-electron chi connectivity index (χ4n) is 2.34. The zero-order valence-electron chi connectivity index (χ0n) is 10.1. The molecule has 3 rings (SSSR count). The van der Waals surface area contributed by atoms with Crippen LogP contribution in [-0.4, -0.2) is 17.5 Å². The van der Waals surface area contributed by atoms with Crippen molar-refractivity contribution in [3.63, 3.8) is 0 Å². The van der Waals surface area contributed by atoms with Crippen LogP contribution in [0.15, 0.2) is 24.3 Å². The van der Waals surface area contributed by atoms with Crippen LogP contribution in [0.1, 0.15) is 36.3 Å². The lowest BCUT2D eigenvalue weighted by atomic mass is 10.2. The molecule has 0 N–H and O–H groups in total. The van der Waals surface area contributed by atoms with Gasteiger partial charge in [0.15, 0.2) is 5.78 Å². The van der Waals surface area contributed by atoms with Gasteiger partial charge in [-0.1, -0.05) is 0 Å². The first-order valence-electron chi connectivity index (χ1n) is 5.90. The zero-order valence-corrected chi connectivity index (χ0v) is 10.1. The van der Waals surface area contributed by atoms with Crippen LogP contribution in [0, 0.1) is 0 Å². The molecule has 1 saturated carbocycles. The van der Waals surface area contributed by atoms with E-state index in [4.69, 9.17) is 4.74 Å². The summed E-state index contributed by atoms with van der Waals surface area (Å²) in [6, 6.07) is 8.46. The first-order chi connectivity index (χ1) is 8.20. The fourth-order valence-corrected chi connectivity index (χ4v) is 2.34. The number of carbonyl (C=O) groups is 1. The van der Waals surface area contributed by atoms with Gasteiger partial charge in [-0.15, -0.1) is 0 Å². The van der Waals surface area contributed by atoms with E-state index in [0.717, 1.165) is 22.3 Å². The second kappa shape index (κ2) is 3.62. The molecule has 1 aromatic heterocycles. The molecule has 0 spiro atoms. The number of rotatable bonds is 3. The van der Waals surface area contributed by atoms with Crippen molar-refractivity contribution in [3.8, 4) is 5.75 Å². The molecule has 0 aliphatic heterocycles. The van der Waals surface area contributed by atoms with E-state index >= 15 is 0 Å². The average molecular weight is 229 g/mol. The fraction of sp³-hybridized carbons (Fsp3) is 0.357. The van der Waals surface area contributed by atoms with Gasteiger partial charge in [-0.3, -0.25) is 4.79 Å². The van der Waals surface area contributed by atoms with Crippen LogP contribution in [0.4, 0.5) is 0 Å². The number of hydrogen-bond acceptors (Lipinski definition) is 2. The van der Waals surface area contributed by atoms with Gasteiger partial charge in [0.2, 0.25) is 0 Å². The predicted molar refractivity (Wildman–Crippen MR) is 66.8 cm³/mol. The van der Waals surface area contributed by atoms with Gasteiger partial charge in [0.25, 0.3) is 0 Å². The highest BCUT2D eigenvalue weighted by Crippen LogP contribution is 2.40. The van der Waals surface area contributed by atoms with E-state index in [2.05, 4.69) is 4.57 Å². The minimum Gasteiger partial charge on any atom is -0.497 e. The van der Waals surface area contributed by atoms with Gasteiger partial charge in [0, 0.05) is 23.9 Å². The Bertz CT molecular complexity index is 594. The van der Waals surface area contributed by atoms with Gasteiger partial charge >= 0.3 is 0 Å². The molecule has 3 heteroatoms. The van der Waals surface area contributed by atoms with Crippen LogP contribution in [-0.2, 0) is 0 Å². The topological polar surface area (TPSA) is 31.2 Å². The van der Waals surface area contributed by atoms with E-state index < -0.39 is 0 Å². The van der Waals surface area contributed by atoms with Crippen LogP contribution in [0.2, 0.25) is 0 Å². The monoisotopic (exact) mass is 229 g/mol. The SMILES string of the molecule is COc1ccc2c(c1)cc(C(C)=O)n2C1CC1.